The number of amides is 2. The number of nitrogens with one attached hydrogen (secondary N) is 1. The maximum Gasteiger partial charge on any atom is 0.327 e. The summed E-state index contributed by atoms with van der Waals surface area (Å²) in [6, 6.07) is 8.45. The summed E-state index contributed by atoms with van der Waals surface area (Å²) in [5.74, 6) is -1.90. The van der Waals surface area contributed by atoms with Crippen molar-refractivity contribution in [3.05, 3.63) is 58.9 Å². The van der Waals surface area contributed by atoms with Crippen molar-refractivity contribution in [3.8, 4) is 6.07 Å². The largest absolute Gasteiger partial charge is 0.363 e. The number of aromatic nitrogens is 2. The number of urea groups is 1. The van der Waals surface area contributed by atoms with Crippen LogP contribution in [-0.2, 0) is 18.9 Å². The van der Waals surface area contributed by atoms with Crippen LogP contribution in [0.3, 0.4) is 0 Å². The first kappa shape index (κ1) is 26.6. The van der Waals surface area contributed by atoms with Crippen LogP contribution in [0.4, 0.5) is 25.2 Å². The Balaban J connectivity index is 1.40. The number of nitriles is 1. The minimum atomic E-state index is -2.91. The van der Waals surface area contributed by atoms with E-state index in [0.29, 0.717) is 62.7 Å². The number of carbonyl (C=O) groups is 1. The molecule has 1 aliphatic carbocycles. The van der Waals surface area contributed by atoms with E-state index in [1.807, 2.05) is 13.0 Å². The maximum atomic E-state index is 15.7. The van der Waals surface area contributed by atoms with Gasteiger partial charge in [0.2, 0.25) is 0 Å². The summed E-state index contributed by atoms with van der Waals surface area (Å²) in [6.45, 7) is 4.19. The zero-order valence-corrected chi connectivity index (χ0v) is 23.0. The molecule has 0 unspecified atom stereocenters. The normalized spacial score (nSPS) is 28.0. The van der Waals surface area contributed by atoms with E-state index in [4.69, 9.17) is 9.97 Å². The number of halogens is 2. The lowest BCUT2D eigenvalue weighted by Crippen LogP contribution is -2.51. The van der Waals surface area contributed by atoms with Gasteiger partial charge in [0.15, 0.2) is 0 Å². The van der Waals surface area contributed by atoms with E-state index in [9.17, 15) is 10.1 Å². The van der Waals surface area contributed by atoms with Gasteiger partial charge in [0.1, 0.15) is 23.0 Å². The fraction of sp³-hybridized carbons (Fsp3) is 0.533. The Morgan fingerprint density at radius 3 is 2.65 bits per heavy atom. The number of hydrogen-bond donors (Lipinski definition) is 1. The number of fused-ring (bicyclic) bond motifs is 7. The Morgan fingerprint density at radius 2 is 1.93 bits per heavy atom. The van der Waals surface area contributed by atoms with Crippen molar-refractivity contribution in [2.75, 3.05) is 36.9 Å². The summed E-state index contributed by atoms with van der Waals surface area (Å²) >= 11 is 0. The van der Waals surface area contributed by atoms with Crippen LogP contribution in [-0.4, -0.2) is 58.0 Å². The Morgan fingerprint density at radius 1 is 1.15 bits per heavy atom. The molecular weight excluding hydrogens is 512 g/mol. The number of benzene rings is 1. The quantitative estimate of drug-likeness (QED) is 0.482. The summed E-state index contributed by atoms with van der Waals surface area (Å²) in [7, 11) is 1.68. The Hall–Kier alpha value is -3.58. The first-order valence-electron chi connectivity index (χ1n) is 14.2. The highest BCUT2D eigenvalue weighted by Crippen LogP contribution is 2.46. The molecule has 0 radical (unpaired) electrons. The van der Waals surface area contributed by atoms with E-state index < -0.39 is 17.4 Å². The molecule has 210 valence electrons. The third kappa shape index (κ3) is 4.70. The minimum absolute atomic E-state index is 0.0460. The molecule has 5 aliphatic rings. The van der Waals surface area contributed by atoms with E-state index in [1.54, 1.807) is 24.1 Å². The molecule has 2 amide bonds. The molecule has 6 bridgehead atoms. The van der Waals surface area contributed by atoms with Gasteiger partial charge in [-0.25, -0.2) is 23.5 Å². The van der Waals surface area contributed by atoms with Gasteiger partial charge in [0, 0.05) is 37.5 Å². The molecule has 1 saturated heterocycles. The van der Waals surface area contributed by atoms with E-state index in [1.165, 1.54) is 11.0 Å². The van der Waals surface area contributed by atoms with Crippen LogP contribution in [0.5, 0.6) is 0 Å². The first-order valence-corrected chi connectivity index (χ1v) is 14.2. The Labute approximate surface area is 233 Å². The molecular formula is C30H35F2N7O. The van der Waals surface area contributed by atoms with Crippen LogP contribution in [0.1, 0.15) is 67.6 Å². The number of alkyl halides is 2. The van der Waals surface area contributed by atoms with Gasteiger partial charge < -0.3 is 10.2 Å². The number of piperidine rings is 1. The van der Waals surface area contributed by atoms with Crippen molar-refractivity contribution in [2.45, 2.75) is 69.5 Å². The number of rotatable bonds is 1. The molecule has 8 nitrogen and oxygen atoms in total. The van der Waals surface area contributed by atoms with Crippen molar-refractivity contribution >= 4 is 17.7 Å². The van der Waals surface area contributed by atoms with E-state index in [0.717, 1.165) is 24.1 Å². The molecule has 2 fully saturated rings. The van der Waals surface area contributed by atoms with E-state index in [2.05, 4.69) is 28.4 Å². The molecule has 1 aromatic heterocycles. The van der Waals surface area contributed by atoms with Crippen molar-refractivity contribution in [1.82, 2.24) is 19.8 Å². The predicted molar refractivity (Wildman–Crippen MR) is 148 cm³/mol. The minimum Gasteiger partial charge on any atom is -0.363 e. The van der Waals surface area contributed by atoms with Crippen molar-refractivity contribution in [3.63, 3.8) is 0 Å². The molecule has 1 atom stereocenters. The molecule has 1 N–H and O–H groups in total. The highest BCUT2D eigenvalue weighted by Gasteiger charge is 2.54. The van der Waals surface area contributed by atoms with Gasteiger partial charge in [0.25, 0.3) is 5.92 Å². The van der Waals surface area contributed by atoms with Gasteiger partial charge in [-0.2, -0.15) is 5.26 Å². The van der Waals surface area contributed by atoms with Gasteiger partial charge in [-0.1, -0.05) is 30.4 Å². The lowest BCUT2D eigenvalue weighted by molar-refractivity contribution is -0.0847. The molecule has 1 aromatic carbocycles. The van der Waals surface area contributed by atoms with E-state index >= 15 is 8.78 Å². The third-order valence-corrected chi connectivity index (χ3v) is 8.92. The number of aryl methyl sites for hydroxylation is 1. The number of nitrogens with zero attached hydrogens (tertiary/aromatic N) is 6. The fourth-order valence-corrected chi connectivity index (χ4v) is 6.14. The second-order valence-electron chi connectivity index (χ2n) is 11.6. The van der Waals surface area contributed by atoms with Crippen molar-refractivity contribution < 1.29 is 13.6 Å². The second-order valence-corrected chi connectivity index (χ2v) is 11.6. The summed E-state index contributed by atoms with van der Waals surface area (Å²) in [5.41, 5.74) is 0.719. The van der Waals surface area contributed by atoms with Crippen LogP contribution in [0.25, 0.3) is 0 Å². The standard InChI is InChI=1S/C30H35F2N7O/c1-20-21-7-6-8-23(17-21)30(31,32)22-10-15-38(16-11-22)14-5-3-4-9-25-35-26(34-20)24-18-39(29(19-33)12-13-29)28(40)37(2)27(24)36-25/h3,5-8,17,20,22H,4,9-16,18H2,1-2H3,(H,34,35,36)/b5-3-/t20-/m1/s1. The number of allylic oxidation sites excluding steroid dienone is 1. The number of anilines is 2. The van der Waals surface area contributed by atoms with Gasteiger partial charge in [-0.05, 0) is 63.7 Å². The first-order chi connectivity index (χ1) is 19.2. The van der Waals surface area contributed by atoms with Crippen LogP contribution in [0.2, 0.25) is 0 Å². The van der Waals surface area contributed by atoms with Crippen LogP contribution < -0.4 is 10.2 Å². The van der Waals surface area contributed by atoms with Gasteiger partial charge in [0.05, 0.1) is 18.2 Å². The molecule has 5 heterocycles. The zero-order chi connectivity index (χ0) is 28.1. The average Bonchev–Trinajstić information content (AvgIpc) is 3.76. The molecule has 4 aliphatic heterocycles. The monoisotopic (exact) mass is 547 g/mol. The van der Waals surface area contributed by atoms with E-state index in [-0.39, 0.29) is 24.2 Å². The number of carbonyl (C=O) groups excluding carboxylic acids is 1. The molecule has 0 spiro atoms. The summed E-state index contributed by atoms with van der Waals surface area (Å²) in [6.07, 6.45) is 7.73. The maximum absolute atomic E-state index is 15.7. The Bertz CT molecular complexity index is 1370. The fourth-order valence-electron chi connectivity index (χ4n) is 6.14. The lowest BCUT2D eigenvalue weighted by atomic mass is 9.85. The molecule has 40 heavy (non-hydrogen) atoms. The highest BCUT2D eigenvalue weighted by atomic mass is 19.3. The number of hydrogen-bond acceptors (Lipinski definition) is 6. The van der Waals surface area contributed by atoms with Crippen molar-refractivity contribution in [2.24, 2.45) is 5.92 Å². The Kier molecular flexibility index (Phi) is 6.73. The molecule has 7 rings (SSSR count). The summed E-state index contributed by atoms with van der Waals surface area (Å²) in [4.78, 5) is 28.3. The molecule has 1 saturated carbocycles. The smallest absolute Gasteiger partial charge is 0.327 e. The van der Waals surface area contributed by atoms with Gasteiger partial charge in [-0.3, -0.25) is 9.80 Å². The average molecular weight is 548 g/mol. The van der Waals surface area contributed by atoms with Crippen LogP contribution in [0, 0.1) is 17.2 Å². The summed E-state index contributed by atoms with van der Waals surface area (Å²) < 4.78 is 31.4. The molecule has 2 aromatic rings. The van der Waals surface area contributed by atoms with Crippen LogP contribution >= 0.6 is 0 Å². The summed E-state index contributed by atoms with van der Waals surface area (Å²) in [5, 5.41) is 13.3. The second kappa shape index (κ2) is 10.1. The SMILES string of the molecule is C[C@H]1Nc2nc(nc3c2CN(C2(C#N)CC2)C(=O)N3C)CC/C=C\CN2CCC(CC2)C(F)(F)c2cccc1c2. The predicted octanol–water partition coefficient (Wildman–Crippen LogP) is 5.38. The van der Waals surface area contributed by atoms with Crippen molar-refractivity contribution in [1.29, 1.82) is 5.26 Å². The zero-order valence-electron chi connectivity index (χ0n) is 23.0. The lowest BCUT2D eigenvalue weighted by Gasteiger charge is -2.38. The van der Waals surface area contributed by atoms with Crippen LogP contribution in [0.15, 0.2) is 36.4 Å². The third-order valence-electron chi connectivity index (χ3n) is 8.92. The molecule has 10 heteroatoms. The highest BCUT2D eigenvalue weighted by molar-refractivity contribution is 5.95. The van der Waals surface area contributed by atoms with Gasteiger partial charge >= 0.3 is 6.03 Å². The van der Waals surface area contributed by atoms with Gasteiger partial charge in [-0.15, -0.1) is 0 Å². The topological polar surface area (TPSA) is 88.4 Å².